The van der Waals surface area contributed by atoms with Gasteiger partial charge in [0.15, 0.2) is 0 Å². The average Bonchev–Trinajstić information content (AvgIpc) is 2.16. The van der Waals surface area contributed by atoms with Crippen LogP contribution >= 0.6 is 0 Å². The first-order chi connectivity index (χ1) is 6.54. The van der Waals surface area contributed by atoms with E-state index in [4.69, 9.17) is 10.5 Å². The molecule has 0 aliphatic carbocycles. The molecule has 3 unspecified atom stereocenters. The van der Waals surface area contributed by atoms with Gasteiger partial charge in [0.2, 0.25) is 0 Å². The summed E-state index contributed by atoms with van der Waals surface area (Å²) in [6.45, 7) is 0.336. The molecule has 0 amide bonds. The van der Waals surface area contributed by atoms with E-state index in [9.17, 15) is 13.2 Å². The maximum Gasteiger partial charge on any atom is 0.406 e. The highest BCUT2D eigenvalue weighted by atomic mass is 19.4. The number of hydrogen-bond donors (Lipinski definition) is 1. The summed E-state index contributed by atoms with van der Waals surface area (Å²) in [5.74, 6) is 0. The highest BCUT2D eigenvalue weighted by molar-refractivity contribution is 4.98. The quantitative estimate of drug-likeness (QED) is 0.692. The molecule has 0 aromatic heterocycles. The minimum Gasteiger partial charge on any atom is -0.375 e. The predicted octanol–water partition coefficient (Wildman–Crippen LogP) is 0.697. The third-order valence-electron chi connectivity index (χ3n) is 3.01. The molecule has 0 saturated carbocycles. The van der Waals surface area contributed by atoms with Crippen molar-refractivity contribution in [2.24, 2.45) is 5.73 Å². The molecule has 2 bridgehead atoms. The Morgan fingerprint density at radius 1 is 1.36 bits per heavy atom. The standard InChI is InChI=1S/C8H13F3N2O/c9-8(10,11)7-6-2-1-5(3-14-6)13(7)4-12/h5-7H,1-4,12H2. The lowest BCUT2D eigenvalue weighted by molar-refractivity contribution is -0.262. The normalized spacial score (nSPS) is 39.0. The Hall–Kier alpha value is -0.330. The highest BCUT2D eigenvalue weighted by Crippen LogP contribution is 2.39. The van der Waals surface area contributed by atoms with Gasteiger partial charge in [0, 0.05) is 12.7 Å². The van der Waals surface area contributed by atoms with Gasteiger partial charge in [0.25, 0.3) is 0 Å². The van der Waals surface area contributed by atoms with Crippen LogP contribution in [0.25, 0.3) is 0 Å². The maximum atomic E-state index is 12.7. The molecule has 3 atom stereocenters. The maximum absolute atomic E-state index is 12.7. The van der Waals surface area contributed by atoms with Gasteiger partial charge >= 0.3 is 6.18 Å². The molecular weight excluding hydrogens is 197 g/mol. The van der Waals surface area contributed by atoms with E-state index in [0.717, 1.165) is 6.42 Å². The largest absolute Gasteiger partial charge is 0.406 e. The van der Waals surface area contributed by atoms with Crippen LogP contribution in [0.5, 0.6) is 0 Å². The summed E-state index contributed by atoms with van der Waals surface area (Å²) in [4.78, 5) is 1.32. The SMILES string of the molecule is NCN1C2CCC(OC2)C1C(F)(F)F. The zero-order chi connectivity index (χ0) is 10.3. The van der Waals surface area contributed by atoms with Crippen molar-refractivity contribution in [3.8, 4) is 0 Å². The minimum atomic E-state index is -4.23. The van der Waals surface area contributed by atoms with Crippen LogP contribution in [-0.2, 0) is 4.74 Å². The first-order valence-electron chi connectivity index (χ1n) is 4.68. The van der Waals surface area contributed by atoms with Crippen LogP contribution in [0.1, 0.15) is 12.8 Å². The van der Waals surface area contributed by atoms with Crippen LogP contribution < -0.4 is 5.73 Å². The van der Waals surface area contributed by atoms with Gasteiger partial charge in [-0.1, -0.05) is 0 Å². The number of fused-ring (bicyclic) bond motifs is 3. The molecule has 6 heteroatoms. The minimum absolute atomic E-state index is 0.0469. The molecule has 3 saturated heterocycles. The van der Waals surface area contributed by atoms with Crippen molar-refractivity contribution in [1.29, 1.82) is 0 Å². The number of alkyl halides is 3. The summed E-state index contributed by atoms with van der Waals surface area (Å²) >= 11 is 0. The molecule has 3 nitrogen and oxygen atoms in total. The Morgan fingerprint density at radius 3 is 2.43 bits per heavy atom. The van der Waals surface area contributed by atoms with Crippen molar-refractivity contribution in [2.45, 2.75) is 37.2 Å². The number of rotatable bonds is 1. The van der Waals surface area contributed by atoms with Crippen LogP contribution in [0, 0.1) is 0 Å². The van der Waals surface area contributed by atoms with Crippen molar-refractivity contribution in [2.75, 3.05) is 13.3 Å². The summed E-state index contributed by atoms with van der Waals surface area (Å²) < 4.78 is 43.1. The van der Waals surface area contributed by atoms with Crippen LogP contribution in [0.2, 0.25) is 0 Å². The van der Waals surface area contributed by atoms with Crippen LogP contribution in [0.3, 0.4) is 0 Å². The summed E-state index contributed by atoms with van der Waals surface area (Å²) in [6, 6.07) is -1.66. The van der Waals surface area contributed by atoms with Gasteiger partial charge in [-0.2, -0.15) is 13.2 Å². The van der Waals surface area contributed by atoms with E-state index < -0.39 is 18.3 Å². The summed E-state index contributed by atoms with van der Waals surface area (Å²) in [5, 5.41) is 0. The predicted molar refractivity (Wildman–Crippen MR) is 43.5 cm³/mol. The topological polar surface area (TPSA) is 38.5 Å². The van der Waals surface area contributed by atoms with Gasteiger partial charge < -0.3 is 10.5 Å². The van der Waals surface area contributed by atoms with Crippen molar-refractivity contribution < 1.29 is 17.9 Å². The summed E-state index contributed by atoms with van der Waals surface area (Å²) in [5.41, 5.74) is 5.35. The Kier molecular flexibility index (Phi) is 2.45. The van der Waals surface area contributed by atoms with Crippen molar-refractivity contribution in [1.82, 2.24) is 4.90 Å². The number of piperidine rings is 1. The van der Waals surface area contributed by atoms with E-state index >= 15 is 0 Å². The number of nitrogens with two attached hydrogens (primary N) is 1. The molecule has 0 spiro atoms. The van der Waals surface area contributed by atoms with Gasteiger partial charge in [0.1, 0.15) is 6.04 Å². The molecule has 3 heterocycles. The first kappa shape index (κ1) is 10.2. The fourth-order valence-electron chi connectivity index (χ4n) is 2.37. The zero-order valence-corrected chi connectivity index (χ0v) is 7.63. The second kappa shape index (κ2) is 3.36. The molecule has 14 heavy (non-hydrogen) atoms. The van der Waals surface area contributed by atoms with Gasteiger partial charge in [-0.3, -0.25) is 4.90 Å². The molecule has 0 aromatic carbocycles. The summed E-state index contributed by atoms with van der Waals surface area (Å²) in [7, 11) is 0. The van der Waals surface area contributed by atoms with Gasteiger partial charge in [-0.15, -0.1) is 0 Å². The second-order valence-corrected chi connectivity index (χ2v) is 3.79. The average molecular weight is 210 g/mol. The Balaban J connectivity index is 2.20. The molecule has 3 fully saturated rings. The van der Waals surface area contributed by atoms with E-state index in [-0.39, 0.29) is 12.7 Å². The van der Waals surface area contributed by atoms with E-state index in [1.807, 2.05) is 0 Å². The highest BCUT2D eigenvalue weighted by Gasteiger charge is 2.55. The van der Waals surface area contributed by atoms with Gasteiger partial charge in [-0.25, -0.2) is 0 Å². The van der Waals surface area contributed by atoms with Crippen molar-refractivity contribution in [3.05, 3.63) is 0 Å². The number of hydrogen-bond acceptors (Lipinski definition) is 3. The molecule has 82 valence electrons. The zero-order valence-electron chi connectivity index (χ0n) is 7.63. The second-order valence-electron chi connectivity index (χ2n) is 3.79. The molecule has 3 aliphatic heterocycles. The number of ether oxygens (including phenoxy) is 1. The fourth-order valence-corrected chi connectivity index (χ4v) is 2.37. The number of nitrogens with zero attached hydrogens (tertiary/aromatic N) is 1. The van der Waals surface area contributed by atoms with Gasteiger partial charge in [-0.05, 0) is 12.8 Å². The van der Waals surface area contributed by atoms with Gasteiger partial charge in [0.05, 0.1) is 12.7 Å². The first-order valence-corrected chi connectivity index (χ1v) is 4.68. The monoisotopic (exact) mass is 210 g/mol. The van der Waals surface area contributed by atoms with E-state index in [1.165, 1.54) is 4.90 Å². The third-order valence-corrected chi connectivity index (χ3v) is 3.01. The number of halogens is 3. The van der Waals surface area contributed by atoms with Crippen LogP contribution in [-0.4, -0.2) is 42.5 Å². The van der Waals surface area contributed by atoms with E-state index in [1.54, 1.807) is 0 Å². The van der Waals surface area contributed by atoms with Crippen molar-refractivity contribution in [3.63, 3.8) is 0 Å². The van der Waals surface area contributed by atoms with Crippen molar-refractivity contribution >= 4 is 0 Å². The number of morpholine rings is 1. The Morgan fingerprint density at radius 2 is 2.07 bits per heavy atom. The van der Waals surface area contributed by atoms with Crippen LogP contribution in [0.15, 0.2) is 0 Å². The molecule has 0 radical (unpaired) electrons. The molecule has 0 aromatic rings. The molecule has 2 N–H and O–H groups in total. The lowest BCUT2D eigenvalue weighted by atomic mass is 9.90. The van der Waals surface area contributed by atoms with E-state index in [0.29, 0.717) is 13.0 Å². The molecule has 3 aliphatic rings. The lowest BCUT2D eigenvalue weighted by Gasteiger charge is -2.50. The molecular formula is C8H13F3N2O. The lowest BCUT2D eigenvalue weighted by Crippen LogP contribution is -2.66. The Labute approximate surface area is 80.0 Å². The smallest absolute Gasteiger partial charge is 0.375 e. The van der Waals surface area contributed by atoms with Crippen LogP contribution in [0.4, 0.5) is 13.2 Å². The van der Waals surface area contributed by atoms with E-state index in [2.05, 4.69) is 0 Å². The fraction of sp³-hybridized carbons (Fsp3) is 1.00. The summed E-state index contributed by atoms with van der Waals surface area (Å²) in [6.07, 6.45) is -3.70. The molecule has 3 rings (SSSR count). The third kappa shape index (κ3) is 1.51. The Bertz CT molecular complexity index is 213.